The van der Waals surface area contributed by atoms with Crippen molar-refractivity contribution in [3.63, 3.8) is 0 Å². The van der Waals surface area contributed by atoms with E-state index in [1.54, 1.807) is 0 Å². The van der Waals surface area contributed by atoms with E-state index in [1.807, 2.05) is 30.3 Å². The average Bonchev–Trinajstić information content (AvgIpc) is 2.82. The average molecular weight is 418 g/mol. The van der Waals surface area contributed by atoms with Crippen LogP contribution >= 0.6 is 43.5 Å². The minimum Gasteiger partial charge on any atom is -0.488 e. The predicted molar refractivity (Wildman–Crippen MR) is 89.9 cm³/mol. The molecule has 5 heteroatoms. The molecule has 104 valence electrons. The van der Waals surface area contributed by atoms with Crippen molar-refractivity contribution in [3.05, 3.63) is 55.9 Å². The first-order valence-corrected chi connectivity index (χ1v) is 8.22. The van der Waals surface area contributed by atoms with Crippen LogP contribution in [0.1, 0.15) is 5.56 Å². The third kappa shape index (κ3) is 3.13. The Balaban J connectivity index is 1.62. The second kappa shape index (κ2) is 5.96. The molecule has 0 saturated carbocycles. The van der Waals surface area contributed by atoms with E-state index < -0.39 is 0 Å². The number of halogens is 3. The van der Waals surface area contributed by atoms with Gasteiger partial charge in [0.2, 0.25) is 0 Å². The van der Waals surface area contributed by atoms with Crippen LogP contribution < -0.4 is 10.1 Å². The first-order chi connectivity index (χ1) is 9.61. The fraction of sp³-hybridized carbons (Fsp3) is 0.200. The summed E-state index contributed by atoms with van der Waals surface area (Å²) in [5.74, 6) is 0.980. The number of rotatable bonds is 3. The van der Waals surface area contributed by atoms with Gasteiger partial charge in [0.25, 0.3) is 0 Å². The molecule has 0 amide bonds. The molecule has 1 aliphatic rings. The van der Waals surface area contributed by atoms with Gasteiger partial charge in [0.1, 0.15) is 11.9 Å². The molecule has 2 nitrogen and oxygen atoms in total. The van der Waals surface area contributed by atoms with Crippen LogP contribution in [0.3, 0.4) is 0 Å². The van der Waals surface area contributed by atoms with Crippen molar-refractivity contribution in [2.45, 2.75) is 12.5 Å². The zero-order valence-electron chi connectivity index (χ0n) is 10.5. The molecule has 1 aliphatic heterocycles. The summed E-state index contributed by atoms with van der Waals surface area (Å²) in [5, 5.41) is 4.07. The van der Waals surface area contributed by atoms with Gasteiger partial charge in [-0.05, 0) is 57.9 Å². The molecule has 0 aromatic heterocycles. The second-order valence-electron chi connectivity index (χ2n) is 4.71. The van der Waals surface area contributed by atoms with E-state index in [0.29, 0.717) is 5.02 Å². The molecule has 0 fully saturated rings. The summed E-state index contributed by atoms with van der Waals surface area (Å²) >= 11 is 12.9. The van der Waals surface area contributed by atoms with E-state index in [2.05, 4.69) is 43.2 Å². The van der Waals surface area contributed by atoms with E-state index in [-0.39, 0.29) is 6.10 Å². The Morgan fingerprint density at radius 3 is 2.85 bits per heavy atom. The summed E-state index contributed by atoms with van der Waals surface area (Å²) in [5.41, 5.74) is 2.25. The van der Waals surface area contributed by atoms with E-state index >= 15 is 0 Å². The Kier molecular flexibility index (Phi) is 4.24. The zero-order valence-corrected chi connectivity index (χ0v) is 14.4. The van der Waals surface area contributed by atoms with E-state index in [1.165, 1.54) is 5.56 Å². The molecule has 0 radical (unpaired) electrons. The van der Waals surface area contributed by atoms with Crippen molar-refractivity contribution < 1.29 is 4.74 Å². The molecule has 2 aromatic carbocycles. The minimum atomic E-state index is 0.154. The third-order valence-electron chi connectivity index (χ3n) is 3.22. The number of hydrogen-bond acceptors (Lipinski definition) is 2. The number of fused-ring (bicyclic) bond motifs is 1. The Hall–Kier alpha value is -0.710. The van der Waals surface area contributed by atoms with Crippen LogP contribution in [0, 0.1) is 0 Å². The molecule has 3 rings (SSSR count). The number of ether oxygens (including phenoxy) is 1. The van der Waals surface area contributed by atoms with E-state index in [4.69, 9.17) is 16.3 Å². The summed E-state index contributed by atoms with van der Waals surface area (Å²) in [7, 11) is 0. The lowest BCUT2D eigenvalue weighted by molar-refractivity contribution is 0.246. The van der Waals surface area contributed by atoms with Crippen LogP contribution in [-0.2, 0) is 6.42 Å². The number of anilines is 1. The summed E-state index contributed by atoms with van der Waals surface area (Å²) in [4.78, 5) is 0. The SMILES string of the molecule is Clc1cc(NCC2Cc3cc(Br)ccc3O2)ccc1Br. The Morgan fingerprint density at radius 2 is 2.05 bits per heavy atom. The van der Waals surface area contributed by atoms with E-state index in [0.717, 1.165) is 33.3 Å². The molecule has 1 heterocycles. The van der Waals surface area contributed by atoms with Gasteiger partial charge in [-0.2, -0.15) is 0 Å². The lowest BCUT2D eigenvalue weighted by Crippen LogP contribution is -2.23. The number of benzene rings is 2. The van der Waals surface area contributed by atoms with Gasteiger partial charge in [-0.15, -0.1) is 0 Å². The normalized spacial score (nSPS) is 16.6. The fourth-order valence-corrected chi connectivity index (χ4v) is 3.08. The van der Waals surface area contributed by atoms with Crippen LogP contribution in [-0.4, -0.2) is 12.6 Å². The highest BCUT2D eigenvalue weighted by atomic mass is 79.9. The molecule has 0 bridgehead atoms. The van der Waals surface area contributed by atoms with Crippen molar-refractivity contribution in [1.29, 1.82) is 0 Å². The molecule has 1 unspecified atom stereocenters. The highest BCUT2D eigenvalue weighted by molar-refractivity contribution is 9.10. The Labute approximate surface area is 139 Å². The molecular formula is C15H12Br2ClNO. The van der Waals surface area contributed by atoms with Crippen molar-refractivity contribution >= 4 is 49.1 Å². The molecule has 0 aliphatic carbocycles. The maximum atomic E-state index is 6.08. The van der Waals surface area contributed by atoms with Gasteiger partial charge in [-0.1, -0.05) is 27.5 Å². The zero-order chi connectivity index (χ0) is 14.1. The first-order valence-electron chi connectivity index (χ1n) is 6.26. The van der Waals surface area contributed by atoms with Crippen molar-refractivity contribution in [3.8, 4) is 5.75 Å². The molecular weight excluding hydrogens is 405 g/mol. The molecule has 0 spiro atoms. The van der Waals surface area contributed by atoms with Crippen LogP contribution in [0.5, 0.6) is 5.75 Å². The quantitative estimate of drug-likeness (QED) is 0.734. The third-order valence-corrected chi connectivity index (χ3v) is 4.94. The first kappa shape index (κ1) is 14.2. The summed E-state index contributed by atoms with van der Waals surface area (Å²) in [6, 6.07) is 12.0. The lowest BCUT2D eigenvalue weighted by Gasteiger charge is -2.13. The highest BCUT2D eigenvalue weighted by Gasteiger charge is 2.22. The lowest BCUT2D eigenvalue weighted by atomic mass is 10.1. The van der Waals surface area contributed by atoms with Crippen molar-refractivity contribution in [1.82, 2.24) is 0 Å². The summed E-state index contributed by atoms with van der Waals surface area (Å²) in [6.45, 7) is 0.754. The maximum absolute atomic E-state index is 6.08. The largest absolute Gasteiger partial charge is 0.488 e. The Morgan fingerprint density at radius 1 is 1.20 bits per heavy atom. The standard InChI is InChI=1S/C15H12Br2ClNO/c16-10-1-4-15-9(5-10)6-12(20-15)8-19-11-2-3-13(17)14(18)7-11/h1-5,7,12,19H,6,8H2. The monoisotopic (exact) mass is 415 g/mol. The van der Waals surface area contributed by atoms with Crippen LogP contribution in [0.4, 0.5) is 5.69 Å². The van der Waals surface area contributed by atoms with Gasteiger partial charge in [-0.3, -0.25) is 0 Å². The van der Waals surface area contributed by atoms with Gasteiger partial charge in [0.15, 0.2) is 0 Å². The van der Waals surface area contributed by atoms with E-state index in [9.17, 15) is 0 Å². The van der Waals surface area contributed by atoms with Crippen LogP contribution in [0.2, 0.25) is 5.02 Å². The van der Waals surface area contributed by atoms with Crippen LogP contribution in [0.15, 0.2) is 45.3 Å². The molecule has 1 N–H and O–H groups in total. The predicted octanol–water partition coefficient (Wildman–Crippen LogP) is 5.28. The second-order valence-corrected chi connectivity index (χ2v) is 6.88. The highest BCUT2D eigenvalue weighted by Crippen LogP contribution is 2.31. The molecule has 1 atom stereocenters. The van der Waals surface area contributed by atoms with Crippen LogP contribution in [0.25, 0.3) is 0 Å². The maximum Gasteiger partial charge on any atom is 0.123 e. The Bertz CT molecular complexity index is 648. The van der Waals surface area contributed by atoms with Gasteiger partial charge in [-0.25, -0.2) is 0 Å². The smallest absolute Gasteiger partial charge is 0.123 e. The van der Waals surface area contributed by atoms with Gasteiger partial charge in [0.05, 0.1) is 11.6 Å². The van der Waals surface area contributed by atoms with Gasteiger partial charge >= 0.3 is 0 Å². The van der Waals surface area contributed by atoms with Gasteiger partial charge < -0.3 is 10.1 Å². The molecule has 0 saturated heterocycles. The van der Waals surface area contributed by atoms with Crippen molar-refractivity contribution in [2.24, 2.45) is 0 Å². The number of hydrogen-bond donors (Lipinski definition) is 1. The van der Waals surface area contributed by atoms with Crippen molar-refractivity contribution in [2.75, 3.05) is 11.9 Å². The summed E-state index contributed by atoms with van der Waals surface area (Å²) < 4.78 is 7.90. The molecule has 2 aromatic rings. The molecule has 20 heavy (non-hydrogen) atoms. The van der Waals surface area contributed by atoms with Gasteiger partial charge in [0, 0.05) is 21.1 Å². The topological polar surface area (TPSA) is 21.3 Å². The minimum absolute atomic E-state index is 0.154. The summed E-state index contributed by atoms with van der Waals surface area (Å²) in [6.07, 6.45) is 1.08. The number of nitrogens with one attached hydrogen (secondary N) is 1. The fourth-order valence-electron chi connectivity index (χ4n) is 2.24.